The summed E-state index contributed by atoms with van der Waals surface area (Å²) in [6.07, 6.45) is 2.29. The smallest absolute Gasteiger partial charge is 0.314 e. The van der Waals surface area contributed by atoms with Gasteiger partial charge >= 0.3 is 41.8 Å². The standard InChI is InChI=1S/C51H72N4O14/c1-27-41-30(17-20-36(57)64-10)47(3,4)34(53-41)25-33-29(16-19-35(56)63-9)49(6,26-40(61)68-14)44(52-33)28(2)42-31(18-21-37(58)65-11)50(7,46(62)69-15)51(8,55-42)45-32(24-39(60)67-13)48(5,43(27)54-45)23-22-38(59)66-12/h25,29-32,45,52H,16-24,26H2,1-15H3/b33-25-,41-27-,44-28?/t29-,30-,31-,32+,45?,48-,49+,50-,51+/m1/s1. The number of hydrogen-bond acceptors (Lipinski definition) is 18. The molecule has 0 aromatic heterocycles. The number of nitrogens with zero attached hydrogens (tertiary/aromatic N) is 3. The number of aliphatic imine (C=N–C) groups is 3. The molecular weight excluding hydrogens is 893 g/mol. The second-order valence-corrected chi connectivity index (χ2v) is 20.3. The zero-order chi connectivity index (χ0) is 51.6. The molecule has 1 saturated heterocycles. The molecule has 9 atom stereocenters. The number of ether oxygens (including phenoxy) is 7. The summed E-state index contributed by atoms with van der Waals surface area (Å²) in [5.41, 5.74) is -1.46. The third kappa shape index (κ3) is 9.52. The number of carbonyl (C=O) groups excluding carboxylic acids is 7. The number of rotatable bonds is 17. The summed E-state index contributed by atoms with van der Waals surface area (Å²) in [6, 6.07) is -0.985. The number of allylic oxidation sites excluding steroid dienone is 6. The minimum absolute atomic E-state index is 0.000408. The van der Waals surface area contributed by atoms with Crippen molar-refractivity contribution in [1.82, 2.24) is 5.32 Å². The van der Waals surface area contributed by atoms with Crippen LogP contribution in [-0.2, 0) is 66.7 Å². The van der Waals surface area contributed by atoms with Crippen molar-refractivity contribution < 1.29 is 66.7 Å². The van der Waals surface area contributed by atoms with Crippen LogP contribution in [0, 0.1) is 45.3 Å². The third-order valence-corrected chi connectivity index (χ3v) is 16.5. The van der Waals surface area contributed by atoms with Gasteiger partial charge < -0.3 is 38.5 Å². The number of hydrogen-bond donors (Lipinski definition) is 1. The molecule has 5 aliphatic rings. The molecule has 1 N–H and O–H groups in total. The van der Waals surface area contributed by atoms with Gasteiger partial charge in [-0.25, -0.2) is 0 Å². The van der Waals surface area contributed by atoms with E-state index in [1.54, 1.807) is 6.92 Å². The van der Waals surface area contributed by atoms with Crippen LogP contribution in [0.15, 0.2) is 49.3 Å². The Kier molecular flexibility index (Phi) is 16.3. The SMILES string of the molecule is COC(=O)CC[C@@H]1/C2=C(\C)C3=NC([C@H](CC(=O)OC)[C@@]3(C)CCC(=O)OC)[C@]3(C)N=C(C(C)=C4N/C(=C\C(=N2)C1(C)C)[C@@H](CCC(=O)OC)[C@]4(C)CC(=O)OC)[C@@H](CCC(=O)OC)[C@]3(C)C(=O)OC. The molecule has 69 heavy (non-hydrogen) atoms. The van der Waals surface area contributed by atoms with Gasteiger partial charge in [-0.3, -0.25) is 48.5 Å². The molecule has 18 heteroatoms. The van der Waals surface area contributed by atoms with E-state index in [1.807, 2.05) is 54.5 Å². The van der Waals surface area contributed by atoms with Crippen molar-refractivity contribution in [2.75, 3.05) is 49.8 Å². The molecular formula is C51H72N4O14. The predicted molar refractivity (Wildman–Crippen MR) is 253 cm³/mol. The van der Waals surface area contributed by atoms with E-state index in [-0.39, 0.29) is 57.8 Å². The maximum Gasteiger partial charge on any atom is 0.314 e. The molecule has 0 aromatic rings. The van der Waals surface area contributed by atoms with Crippen molar-refractivity contribution in [2.24, 2.45) is 60.3 Å². The van der Waals surface area contributed by atoms with Gasteiger partial charge in [0.1, 0.15) is 5.41 Å². The van der Waals surface area contributed by atoms with E-state index in [9.17, 15) is 33.6 Å². The normalized spacial score (nSPS) is 32.7. The van der Waals surface area contributed by atoms with Crippen LogP contribution in [0.2, 0.25) is 0 Å². The molecule has 5 heterocycles. The molecule has 0 saturated carbocycles. The van der Waals surface area contributed by atoms with Crippen molar-refractivity contribution in [3.8, 4) is 0 Å². The van der Waals surface area contributed by atoms with Crippen LogP contribution < -0.4 is 5.32 Å². The molecule has 1 unspecified atom stereocenters. The molecule has 18 nitrogen and oxygen atoms in total. The van der Waals surface area contributed by atoms with Gasteiger partial charge in [-0.2, -0.15) is 0 Å². The Hall–Kier alpha value is -5.68. The van der Waals surface area contributed by atoms with Gasteiger partial charge in [-0.1, -0.05) is 27.7 Å². The first-order chi connectivity index (χ1) is 32.3. The summed E-state index contributed by atoms with van der Waals surface area (Å²) >= 11 is 0. The topological polar surface area (TPSA) is 233 Å². The lowest BCUT2D eigenvalue weighted by atomic mass is 9.56. The van der Waals surface area contributed by atoms with Crippen LogP contribution >= 0.6 is 0 Å². The van der Waals surface area contributed by atoms with E-state index in [2.05, 4.69) is 5.32 Å². The van der Waals surface area contributed by atoms with E-state index in [4.69, 9.17) is 48.1 Å². The lowest BCUT2D eigenvalue weighted by Crippen LogP contribution is -2.58. The highest BCUT2D eigenvalue weighted by Gasteiger charge is 2.69. The summed E-state index contributed by atoms with van der Waals surface area (Å²) < 4.78 is 36.9. The molecule has 1 fully saturated rings. The van der Waals surface area contributed by atoms with Gasteiger partial charge in [0.25, 0.3) is 0 Å². The quantitative estimate of drug-likeness (QED) is 0.127. The van der Waals surface area contributed by atoms with Gasteiger partial charge in [0.15, 0.2) is 0 Å². The number of methoxy groups -OCH3 is 7. The minimum Gasteiger partial charge on any atom is -0.469 e. The third-order valence-electron chi connectivity index (χ3n) is 16.5. The molecule has 8 bridgehead atoms. The van der Waals surface area contributed by atoms with Crippen molar-refractivity contribution in [1.29, 1.82) is 0 Å². The Morgan fingerprint density at radius 1 is 0.609 bits per heavy atom. The fraction of sp³-hybridized carbons (Fsp3) is 0.686. The molecule has 0 aliphatic carbocycles. The van der Waals surface area contributed by atoms with Crippen molar-refractivity contribution in [2.45, 2.75) is 131 Å². The maximum atomic E-state index is 15.0. The van der Waals surface area contributed by atoms with Gasteiger partial charge in [-0.15, -0.1) is 0 Å². The molecule has 0 aromatic carbocycles. The second kappa shape index (κ2) is 20.7. The Balaban J connectivity index is 2.05. The Labute approximate surface area is 405 Å². The lowest BCUT2D eigenvalue weighted by molar-refractivity contribution is -0.159. The van der Waals surface area contributed by atoms with Crippen molar-refractivity contribution in [3.63, 3.8) is 0 Å². The number of carbonyl (C=O) groups is 7. The van der Waals surface area contributed by atoms with E-state index >= 15 is 0 Å². The first-order valence-electron chi connectivity index (χ1n) is 23.5. The molecule has 5 aliphatic heterocycles. The average Bonchev–Trinajstić information content (AvgIpc) is 3.95. The Morgan fingerprint density at radius 3 is 1.64 bits per heavy atom. The molecule has 380 valence electrons. The summed E-state index contributed by atoms with van der Waals surface area (Å²) in [5.74, 6) is -6.16. The maximum absolute atomic E-state index is 15.0. The molecule has 0 amide bonds. The minimum atomic E-state index is -1.60. The fourth-order valence-corrected chi connectivity index (χ4v) is 12.1. The first kappa shape index (κ1) is 54.3. The van der Waals surface area contributed by atoms with Crippen LogP contribution in [0.3, 0.4) is 0 Å². The highest BCUT2D eigenvalue weighted by Crippen LogP contribution is 2.62. The average molecular weight is 965 g/mol. The molecule has 0 radical (unpaired) electrons. The summed E-state index contributed by atoms with van der Waals surface area (Å²) in [7, 11) is 9.12. The number of esters is 7. The summed E-state index contributed by atoms with van der Waals surface area (Å²) in [4.78, 5) is 111. The number of nitrogens with one attached hydrogen (secondary N) is 1. The van der Waals surface area contributed by atoms with Crippen LogP contribution in [0.5, 0.6) is 0 Å². The van der Waals surface area contributed by atoms with Crippen molar-refractivity contribution in [3.05, 3.63) is 34.3 Å². The lowest BCUT2D eigenvalue weighted by Gasteiger charge is -2.46. The van der Waals surface area contributed by atoms with Gasteiger partial charge in [-0.05, 0) is 70.6 Å². The molecule has 5 rings (SSSR count). The zero-order valence-corrected chi connectivity index (χ0v) is 43.1. The molecule has 0 spiro atoms. The van der Waals surface area contributed by atoms with Crippen LogP contribution in [-0.4, -0.2) is 120 Å². The van der Waals surface area contributed by atoms with Crippen LogP contribution in [0.25, 0.3) is 0 Å². The highest BCUT2D eigenvalue weighted by molar-refractivity contribution is 6.11. The van der Waals surface area contributed by atoms with Gasteiger partial charge in [0.2, 0.25) is 0 Å². The summed E-state index contributed by atoms with van der Waals surface area (Å²) in [5, 5.41) is 3.70. The van der Waals surface area contributed by atoms with E-state index in [1.165, 1.54) is 49.8 Å². The predicted octanol–water partition coefficient (Wildman–Crippen LogP) is 6.15. The van der Waals surface area contributed by atoms with Crippen LogP contribution in [0.1, 0.15) is 120 Å². The monoisotopic (exact) mass is 965 g/mol. The second-order valence-electron chi connectivity index (χ2n) is 20.3. The number of fused-ring (bicyclic) bond motifs is 6. The summed E-state index contributed by atoms with van der Waals surface area (Å²) in [6.45, 7) is 15.3. The highest BCUT2D eigenvalue weighted by atomic mass is 16.5. The van der Waals surface area contributed by atoms with Crippen molar-refractivity contribution >= 4 is 58.9 Å². The van der Waals surface area contributed by atoms with E-state index in [0.717, 1.165) is 0 Å². The van der Waals surface area contributed by atoms with E-state index < -0.39 is 98.7 Å². The zero-order valence-electron chi connectivity index (χ0n) is 43.1. The van der Waals surface area contributed by atoms with E-state index in [0.29, 0.717) is 51.8 Å². The van der Waals surface area contributed by atoms with Gasteiger partial charge in [0.05, 0.1) is 74.2 Å². The Bertz CT molecular complexity index is 2320. The largest absolute Gasteiger partial charge is 0.469 e. The fourth-order valence-electron chi connectivity index (χ4n) is 12.1. The van der Waals surface area contributed by atoms with Gasteiger partial charge in [0, 0.05) is 99.8 Å². The Morgan fingerprint density at radius 2 is 1.12 bits per heavy atom. The first-order valence-corrected chi connectivity index (χ1v) is 23.5. The van der Waals surface area contributed by atoms with Crippen LogP contribution in [0.4, 0.5) is 0 Å².